The number of aromatic nitrogens is 1. The van der Waals surface area contributed by atoms with Gasteiger partial charge in [-0.2, -0.15) is 0 Å². The van der Waals surface area contributed by atoms with Gasteiger partial charge in [0.25, 0.3) is 5.91 Å². The Morgan fingerprint density at radius 3 is 2.62 bits per heavy atom. The molecule has 0 radical (unpaired) electrons. The summed E-state index contributed by atoms with van der Waals surface area (Å²) < 4.78 is 40.4. The number of hydrogen-bond donors (Lipinski definition) is 2. The second-order valence-corrected chi connectivity index (χ2v) is 5.38. The molecule has 5 nitrogen and oxygen atoms in total. The first-order valence-electron chi connectivity index (χ1n) is 7.29. The number of hydrogen-bond acceptors (Lipinski definition) is 4. The Morgan fingerprint density at radius 1 is 1.21 bits per heavy atom. The van der Waals surface area contributed by atoms with E-state index >= 15 is 0 Å². The molecule has 1 aliphatic carbocycles. The van der Waals surface area contributed by atoms with Crippen LogP contribution < -0.4 is 15.4 Å². The fourth-order valence-corrected chi connectivity index (χ4v) is 2.02. The summed E-state index contributed by atoms with van der Waals surface area (Å²) in [4.78, 5) is 16.3. The van der Waals surface area contributed by atoms with Gasteiger partial charge in [0.1, 0.15) is 11.6 Å². The van der Waals surface area contributed by atoms with Crippen LogP contribution in [0, 0.1) is 0 Å². The van der Waals surface area contributed by atoms with Crippen LogP contribution >= 0.6 is 0 Å². The minimum absolute atomic E-state index is 0.196. The number of carbonyl (C=O) groups excluding carboxylic acids is 1. The normalized spacial score (nSPS) is 14.1. The smallest absolute Gasteiger partial charge is 0.406 e. The van der Waals surface area contributed by atoms with Crippen molar-refractivity contribution in [3.63, 3.8) is 0 Å². The highest BCUT2D eigenvalue weighted by molar-refractivity contribution is 6.04. The molecule has 2 aromatic rings. The van der Waals surface area contributed by atoms with E-state index in [0.29, 0.717) is 17.4 Å². The number of anilines is 2. The van der Waals surface area contributed by atoms with Crippen molar-refractivity contribution in [1.82, 2.24) is 4.98 Å². The van der Waals surface area contributed by atoms with Gasteiger partial charge in [-0.1, -0.05) is 6.07 Å². The van der Waals surface area contributed by atoms with Crippen molar-refractivity contribution in [2.24, 2.45) is 0 Å². The van der Waals surface area contributed by atoms with E-state index in [1.807, 2.05) is 0 Å². The maximum absolute atomic E-state index is 12.2. The van der Waals surface area contributed by atoms with Crippen molar-refractivity contribution in [1.29, 1.82) is 0 Å². The number of nitrogens with zero attached hydrogens (tertiary/aromatic N) is 1. The molecule has 0 aliphatic heterocycles. The number of alkyl halides is 3. The van der Waals surface area contributed by atoms with Gasteiger partial charge in [0.05, 0.1) is 5.56 Å². The Kier molecular flexibility index (Phi) is 4.28. The molecule has 0 atom stereocenters. The average Bonchev–Trinajstić information content (AvgIpc) is 3.30. The minimum atomic E-state index is -4.78. The highest BCUT2D eigenvalue weighted by Crippen LogP contribution is 2.26. The van der Waals surface area contributed by atoms with Gasteiger partial charge in [0, 0.05) is 24.0 Å². The molecule has 1 saturated carbocycles. The molecule has 2 N–H and O–H groups in total. The van der Waals surface area contributed by atoms with Crippen molar-refractivity contribution in [3.8, 4) is 5.75 Å². The van der Waals surface area contributed by atoms with Crippen molar-refractivity contribution >= 4 is 17.4 Å². The van der Waals surface area contributed by atoms with Crippen LogP contribution in [0.25, 0.3) is 0 Å². The summed E-state index contributed by atoms with van der Waals surface area (Å²) in [5.41, 5.74) is 0.500. The number of amides is 1. The minimum Gasteiger partial charge on any atom is -0.406 e. The number of benzene rings is 1. The van der Waals surface area contributed by atoms with E-state index < -0.39 is 18.0 Å². The molecule has 1 heterocycles. The molecule has 1 aliphatic rings. The van der Waals surface area contributed by atoms with Gasteiger partial charge in [-0.3, -0.25) is 4.79 Å². The van der Waals surface area contributed by atoms with E-state index in [-0.39, 0.29) is 5.69 Å². The lowest BCUT2D eigenvalue weighted by Gasteiger charge is -2.11. The predicted molar refractivity (Wildman–Crippen MR) is 82.0 cm³/mol. The second-order valence-electron chi connectivity index (χ2n) is 5.38. The van der Waals surface area contributed by atoms with Gasteiger partial charge in [-0.05, 0) is 37.1 Å². The maximum atomic E-state index is 12.2. The molecule has 1 fully saturated rings. The Balaban J connectivity index is 1.64. The fraction of sp³-hybridized carbons (Fsp3) is 0.250. The summed E-state index contributed by atoms with van der Waals surface area (Å²) in [6.07, 6.45) is -1.15. The van der Waals surface area contributed by atoms with Crippen LogP contribution in [0.5, 0.6) is 5.75 Å². The molecular weight excluding hydrogens is 323 g/mol. The maximum Gasteiger partial charge on any atom is 0.573 e. The van der Waals surface area contributed by atoms with Crippen molar-refractivity contribution in [2.45, 2.75) is 25.2 Å². The van der Waals surface area contributed by atoms with E-state index in [1.54, 1.807) is 12.1 Å². The van der Waals surface area contributed by atoms with Crippen LogP contribution in [0.3, 0.4) is 0 Å². The third-order valence-corrected chi connectivity index (χ3v) is 3.28. The molecule has 3 rings (SSSR count). The SMILES string of the molecule is O=C(Nc1cccc(OC(F)(F)F)c1)c1ccc(NC2CC2)nc1. The zero-order chi connectivity index (χ0) is 17.2. The first kappa shape index (κ1) is 16.1. The summed E-state index contributed by atoms with van der Waals surface area (Å²) >= 11 is 0. The van der Waals surface area contributed by atoms with E-state index in [0.717, 1.165) is 25.0 Å². The van der Waals surface area contributed by atoms with Gasteiger partial charge in [0.15, 0.2) is 0 Å². The van der Waals surface area contributed by atoms with Crippen LogP contribution in [0.1, 0.15) is 23.2 Å². The predicted octanol–water partition coefficient (Wildman–Crippen LogP) is 3.81. The first-order chi connectivity index (χ1) is 11.4. The summed E-state index contributed by atoms with van der Waals surface area (Å²) in [7, 11) is 0. The third-order valence-electron chi connectivity index (χ3n) is 3.28. The zero-order valence-electron chi connectivity index (χ0n) is 12.4. The summed E-state index contributed by atoms with van der Waals surface area (Å²) in [6.45, 7) is 0. The van der Waals surface area contributed by atoms with Gasteiger partial charge < -0.3 is 15.4 Å². The molecule has 0 spiro atoms. The van der Waals surface area contributed by atoms with Crippen molar-refractivity contribution in [3.05, 3.63) is 48.2 Å². The highest BCUT2D eigenvalue weighted by atomic mass is 19.4. The second kappa shape index (κ2) is 6.38. The third kappa shape index (κ3) is 4.61. The van der Waals surface area contributed by atoms with Crippen molar-refractivity contribution in [2.75, 3.05) is 10.6 Å². The topological polar surface area (TPSA) is 63.2 Å². The fourth-order valence-electron chi connectivity index (χ4n) is 2.02. The number of pyridine rings is 1. The molecule has 0 saturated heterocycles. The molecule has 0 bridgehead atoms. The van der Waals surface area contributed by atoms with E-state index in [9.17, 15) is 18.0 Å². The van der Waals surface area contributed by atoms with Crippen LogP contribution in [0.15, 0.2) is 42.6 Å². The van der Waals surface area contributed by atoms with Crippen molar-refractivity contribution < 1.29 is 22.7 Å². The summed E-state index contributed by atoms with van der Waals surface area (Å²) in [6, 6.07) is 8.83. The average molecular weight is 337 g/mol. The van der Waals surface area contributed by atoms with Gasteiger partial charge >= 0.3 is 6.36 Å². The largest absolute Gasteiger partial charge is 0.573 e. The molecule has 1 aromatic heterocycles. The van der Waals surface area contributed by atoms with Crippen LogP contribution in [-0.2, 0) is 0 Å². The monoisotopic (exact) mass is 337 g/mol. The van der Waals surface area contributed by atoms with Gasteiger partial charge in [-0.15, -0.1) is 13.2 Å². The number of halogens is 3. The summed E-state index contributed by atoms with van der Waals surface area (Å²) in [5.74, 6) is -0.179. The molecule has 1 amide bonds. The quantitative estimate of drug-likeness (QED) is 0.871. The molecule has 8 heteroatoms. The number of rotatable bonds is 5. The summed E-state index contributed by atoms with van der Waals surface area (Å²) in [5, 5.41) is 5.71. The Hall–Kier alpha value is -2.77. The Morgan fingerprint density at radius 2 is 2.00 bits per heavy atom. The van der Waals surface area contributed by atoms with Crippen LogP contribution in [0.4, 0.5) is 24.7 Å². The molecule has 126 valence electrons. The highest BCUT2D eigenvalue weighted by Gasteiger charge is 2.31. The van der Waals surface area contributed by atoms with E-state index in [1.165, 1.54) is 18.3 Å². The molecule has 0 unspecified atom stereocenters. The van der Waals surface area contributed by atoms with Crippen LogP contribution in [-0.4, -0.2) is 23.3 Å². The molecule has 24 heavy (non-hydrogen) atoms. The molecular formula is C16H14F3N3O2. The zero-order valence-corrected chi connectivity index (χ0v) is 12.4. The lowest BCUT2D eigenvalue weighted by Crippen LogP contribution is -2.17. The first-order valence-corrected chi connectivity index (χ1v) is 7.29. The van der Waals surface area contributed by atoms with Crippen LogP contribution in [0.2, 0.25) is 0 Å². The standard InChI is InChI=1S/C16H14F3N3O2/c17-16(18,19)24-13-3-1-2-12(8-13)22-15(23)10-4-7-14(20-9-10)21-11-5-6-11/h1-4,7-9,11H,5-6H2,(H,20,21)(H,22,23). The Labute approximate surface area is 135 Å². The Bertz CT molecular complexity index is 728. The van der Waals surface area contributed by atoms with E-state index in [2.05, 4.69) is 20.4 Å². The lowest BCUT2D eigenvalue weighted by molar-refractivity contribution is -0.274. The van der Waals surface area contributed by atoms with Gasteiger partial charge in [-0.25, -0.2) is 4.98 Å². The van der Waals surface area contributed by atoms with E-state index in [4.69, 9.17) is 0 Å². The number of nitrogens with one attached hydrogen (secondary N) is 2. The molecule has 1 aromatic carbocycles. The number of carbonyl (C=O) groups is 1. The lowest BCUT2D eigenvalue weighted by atomic mass is 10.2. The number of ether oxygens (including phenoxy) is 1. The van der Waals surface area contributed by atoms with Gasteiger partial charge in [0.2, 0.25) is 0 Å².